The van der Waals surface area contributed by atoms with Gasteiger partial charge in [0.2, 0.25) is 5.12 Å². The zero-order valence-corrected chi connectivity index (χ0v) is 9.03. The molecule has 0 aliphatic carbocycles. The summed E-state index contributed by atoms with van der Waals surface area (Å²) in [6, 6.07) is 0. The fraction of sp³-hybridized carbons (Fsp3) is 1.00. The van der Waals surface area contributed by atoms with E-state index in [0.717, 1.165) is 31.4 Å². The van der Waals surface area contributed by atoms with E-state index in [1.54, 1.807) is 0 Å². The van der Waals surface area contributed by atoms with Crippen molar-refractivity contribution in [1.29, 1.82) is 0 Å². The summed E-state index contributed by atoms with van der Waals surface area (Å²) in [6.45, 7) is 0. The van der Waals surface area contributed by atoms with E-state index < -0.39 is 5.12 Å². The molecule has 4 heteroatoms. The molecular formula is C8H18O2S2. The molecule has 0 unspecified atom stereocenters. The summed E-state index contributed by atoms with van der Waals surface area (Å²) in [5, 5.41) is 15.9. The van der Waals surface area contributed by atoms with Crippen LogP contribution in [-0.2, 0) is 0 Å². The second kappa shape index (κ2) is 7.06. The Bertz CT molecular complexity index is 102. The summed E-state index contributed by atoms with van der Waals surface area (Å²) in [4.78, 5) is 0. The van der Waals surface area contributed by atoms with Crippen molar-refractivity contribution in [2.45, 2.75) is 43.6 Å². The standard InChI is InChI=1S/C8H18O2S2/c9-8(10,12)6-4-2-1-3-5-7-11/h9-12H,1-7H2. The van der Waals surface area contributed by atoms with Gasteiger partial charge in [-0.2, -0.15) is 12.6 Å². The third kappa shape index (κ3) is 10.6. The average Bonchev–Trinajstić information content (AvgIpc) is 1.94. The summed E-state index contributed by atoms with van der Waals surface area (Å²) in [7, 11) is 0. The molecule has 12 heavy (non-hydrogen) atoms. The quantitative estimate of drug-likeness (QED) is 0.294. The first kappa shape index (κ1) is 12.6. The van der Waals surface area contributed by atoms with Gasteiger partial charge in [-0.1, -0.05) is 19.3 Å². The molecule has 0 heterocycles. The third-order valence-electron chi connectivity index (χ3n) is 1.67. The largest absolute Gasteiger partial charge is 0.357 e. The topological polar surface area (TPSA) is 40.5 Å². The average molecular weight is 210 g/mol. The first-order valence-electron chi connectivity index (χ1n) is 4.34. The molecule has 0 atom stereocenters. The Balaban J connectivity index is 3.01. The van der Waals surface area contributed by atoms with E-state index in [1.165, 1.54) is 6.42 Å². The number of hydrogen-bond acceptors (Lipinski definition) is 4. The van der Waals surface area contributed by atoms with Crippen LogP contribution in [0.1, 0.15) is 38.5 Å². The highest BCUT2D eigenvalue weighted by Crippen LogP contribution is 2.16. The lowest BCUT2D eigenvalue weighted by Crippen LogP contribution is -2.18. The summed E-state index contributed by atoms with van der Waals surface area (Å²) >= 11 is 7.70. The van der Waals surface area contributed by atoms with Gasteiger partial charge in [0.1, 0.15) is 0 Å². The van der Waals surface area contributed by atoms with Crippen molar-refractivity contribution < 1.29 is 10.2 Å². The molecule has 0 aliphatic rings. The fourth-order valence-corrected chi connectivity index (χ4v) is 1.39. The molecule has 0 aromatic heterocycles. The molecule has 0 aromatic rings. The summed E-state index contributed by atoms with van der Waals surface area (Å²) < 4.78 is 0. The predicted octanol–water partition coefficient (Wildman–Crippen LogP) is 1.82. The molecule has 0 aliphatic heterocycles. The predicted molar refractivity (Wildman–Crippen MR) is 57.7 cm³/mol. The van der Waals surface area contributed by atoms with Gasteiger partial charge in [-0.15, -0.1) is 12.6 Å². The molecule has 0 radical (unpaired) electrons. The maximum Gasteiger partial charge on any atom is 0.210 e. The fourth-order valence-electron chi connectivity index (χ4n) is 1.00. The molecule has 2 nitrogen and oxygen atoms in total. The Morgan fingerprint density at radius 2 is 1.42 bits per heavy atom. The molecule has 0 saturated carbocycles. The zero-order chi connectivity index (χ0) is 9.45. The molecule has 0 saturated heterocycles. The molecule has 0 fully saturated rings. The third-order valence-corrected chi connectivity index (χ3v) is 2.21. The van der Waals surface area contributed by atoms with E-state index in [1.807, 2.05) is 0 Å². The number of unbranched alkanes of at least 4 members (excludes halogenated alkanes) is 4. The highest BCUT2D eigenvalue weighted by molar-refractivity contribution is 7.81. The highest BCUT2D eigenvalue weighted by Gasteiger charge is 2.14. The van der Waals surface area contributed by atoms with Gasteiger partial charge in [0.15, 0.2) is 0 Å². The molecule has 0 spiro atoms. The minimum atomic E-state index is -1.77. The van der Waals surface area contributed by atoms with Crippen LogP contribution >= 0.6 is 25.3 Å². The zero-order valence-electron chi connectivity index (χ0n) is 7.24. The van der Waals surface area contributed by atoms with E-state index in [9.17, 15) is 0 Å². The first-order valence-corrected chi connectivity index (χ1v) is 5.42. The summed E-state index contributed by atoms with van der Waals surface area (Å²) in [6.07, 6.45) is 5.68. The Labute approximate surface area is 85.2 Å². The number of thiol groups is 2. The SMILES string of the molecule is OC(O)(S)CCCCCCCS. The maximum absolute atomic E-state index is 8.83. The second-order valence-corrected chi connectivity index (χ2v) is 4.18. The number of rotatable bonds is 7. The highest BCUT2D eigenvalue weighted by atomic mass is 32.1. The smallest absolute Gasteiger partial charge is 0.210 e. The van der Waals surface area contributed by atoms with Crippen LogP contribution < -0.4 is 0 Å². The van der Waals surface area contributed by atoms with Crippen molar-refractivity contribution in [2.75, 3.05) is 5.75 Å². The lowest BCUT2D eigenvalue weighted by molar-refractivity contribution is -0.0804. The van der Waals surface area contributed by atoms with Crippen LogP contribution in [0.2, 0.25) is 0 Å². The van der Waals surface area contributed by atoms with Crippen LogP contribution in [0.25, 0.3) is 0 Å². The minimum Gasteiger partial charge on any atom is -0.357 e. The number of hydrogen-bond donors (Lipinski definition) is 4. The van der Waals surface area contributed by atoms with E-state index in [4.69, 9.17) is 10.2 Å². The van der Waals surface area contributed by atoms with Crippen LogP contribution in [0, 0.1) is 0 Å². The van der Waals surface area contributed by atoms with E-state index in [0.29, 0.717) is 6.42 Å². The first-order chi connectivity index (χ1) is 5.56. The normalized spacial score (nSPS) is 12.0. The van der Waals surface area contributed by atoms with Crippen LogP contribution in [0.5, 0.6) is 0 Å². The Morgan fingerprint density at radius 3 is 1.92 bits per heavy atom. The molecule has 0 aromatic carbocycles. The van der Waals surface area contributed by atoms with E-state index in [2.05, 4.69) is 25.3 Å². The molecule has 0 amide bonds. The Kier molecular flexibility index (Phi) is 7.43. The van der Waals surface area contributed by atoms with Gasteiger partial charge >= 0.3 is 0 Å². The van der Waals surface area contributed by atoms with Crippen molar-refractivity contribution in [2.24, 2.45) is 0 Å². The summed E-state index contributed by atoms with van der Waals surface area (Å²) in [5.41, 5.74) is 0. The van der Waals surface area contributed by atoms with Gasteiger partial charge in [0, 0.05) is 6.42 Å². The van der Waals surface area contributed by atoms with Gasteiger partial charge in [-0.05, 0) is 18.6 Å². The van der Waals surface area contributed by atoms with E-state index >= 15 is 0 Å². The van der Waals surface area contributed by atoms with Crippen LogP contribution in [0.3, 0.4) is 0 Å². The molecular weight excluding hydrogens is 192 g/mol. The van der Waals surface area contributed by atoms with Crippen molar-refractivity contribution >= 4 is 25.3 Å². The lowest BCUT2D eigenvalue weighted by Gasteiger charge is -2.13. The van der Waals surface area contributed by atoms with Crippen LogP contribution in [0.15, 0.2) is 0 Å². The van der Waals surface area contributed by atoms with Crippen molar-refractivity contribution in [3.05, 3.63) is 0 Å². The molecule has 2 N–H and O–H groups in total. The van der Waals surface area contributed by atoms with E-state index in [-0.39, 0.29) is 0 Å². The van der Waals surface area contributed by atoms with Gasteiger partial charge in [0.05, 0.1) is 0 Å². The van der Waals surface area contributed by atoms with Crippen LogP contribution in [0.4, 0.5) is 0 Å². The molecule has 74 valence electrons. The maximum atomic E-state index is 8.83. The van der Waals surface area contributed by atoms with Gasteiger partial charge in [-0.25, -0.2) is 0 Å². The minimum absolute atomic E-state index is 0.344. The van der Waals surface area contributed by atoms with Crippen LogP contribution in [-0.4, -0.2) is 21.1 Å². The molecule has 0 bridgehead atoms. The van der Waals surface area contributed by atoms with Gasteiger partial charge in [-0.3, -0.25) is 0 Å². The van der Waals surface area contributed by atoms with Gasteiger partial charge in [0.25, 0.3) is 0 Å². The van der Waals surface area contributed by atoms with Gasteiger partial charge < -0.3 is 10.2 Å². The summed E-state index contributed by atoms with van der Waals surface area (Å²) in [5.74, 6) is 0.941. The van der Waals surface area contributed by atoms with Crippen molar-refractivity contribution in [1.82, 2.24) is 0 Å². The van der Waals surface area contributed by atoms with Crippen molar-refractivity contribution in [3.8, 4) is 0 Å². The Hall–Kier alpha value is 0.620. The Morgan fingerprint density at radius 1 is 0.917 bits per heavy atom. The number of aliphatic hydroxyl groups is 2. The molecule has 0 rings (SSSR count). The lowest BCUT2D eigenvalue weighted by atomic mass is 10.1. The second-order valence-electron chi connectivity index (χ2n) is 3.02. The monoisotopic (exact) mass is 210 g/mol. The van der Waals surface area contributed by atoms with Crippen molar-refractivity contribution in [3.63, 3.8) is 0 Å².